The molecule has 0 atom stereocenters. The third kappa shape index (κ3) is 8.16. The summed E-state index contributed by atoms with van der Waals surface area (Å²) in [6.45, 7) is 16.8. The van der Waals surface area contributed by atoms with Crippen LogP contribution in [0.5, 0.6) is 0 Å². The predicted molar refractivity (Wildman–Crippen MR) is 247 cm³/mol. The van der Waals surface area contributed by atoms with Crippen LogP contribution in [0.2, 0.25) is 0 Å². The van der Waals surface area contributed by atoms with Gasteiger partial charge in [0.05, 0.1) is 6.42 Å². The highest BCUT2D eigenvalue weighted by Gasteiger charge is 2.38. The van der Waals surface area contributed by atoms with E-state index in [0.717, 1.165) is 98.5 Å². The van der Waals surface area contributed by atoms with E-state index in [0.29, 0.717) is 5.56 Å². The van der Waals surface area contributed by atoms with Crippen LogP contribution in [-0.4, -0.2) is 11.8 Å². The molecular formula is C53H64N4O2. The molecular weight excluding hydrogens is 725 g/mol. The molecule has 2 aliphatic carbocycles. The van der Waals surface area contributed by atoms with Gasteiger partial charge < -0.3 is 22.1 Å². The zero-order valence-electron chi connectivity index (χ0n) is 36.7. The van der Waals surface area contributed by atoms with E-state index < -0.39 is 0 Å². The molecule has 6 N–H and O–H groups in total. The molecule has 0 bridgehead atoms. The fourth-order valence-corrected chi connectivity index (χ4v) is 10.6. The Balaban J connectivity index is 1.07. The zero-order chi connectivity index (χ0) is 42.2. The molecule has 0 saturated heterocycles. The summed E-state index contributed by atoms with van der Waals surface area (Å²) in [5.41, 5.74) is 31.4. The van der Waals surface area contributed by atoms with Gasteiger partial charge in [0.15, 0.2) is 0 Å². The highest BCUT2D eigenvalue weighted by atomic mass is 16.2. The minimum absolute atomic E-state index is 0.0762. The van der Waals surface area contributed by atoms with Gasteiger partial charge in [0.1, 0.15) is 0 Å². The van der Waals surface area contributed by atoms with Crippen molar-refractivity contribution < 1.29 is 9.59 Å². The van der Waals surface area contributed by atoms with Crippen molar-refractivity contribution in [3.63, 3.8) is 0 Å². The largest absolute Gasteiger partial charge is 0.398 e. The summed E-state index contributed by atoms with van der Waals surface area (Å²) < 4.78 is 0. The van der Waals surface area contributed by atoms with Gasteiger partial charge in [0.25, 0.3) is 5.91 Å². The number of amides is 2. The highest BCUT2D eigenvalue weighted by molar-refractivity contribution is 6.05. The summed E-state index contributed by atoms with van der Waals surface area (Å²) in [6.07, 6.45) is 11.8. The van der Waals surface area contributed by atoms with Gasteiger partial charge in [0.2, 0.25) is 5.91 Å². The fraction of sp³-hybridized carbons (Fsp3) is 0.396. The van der Waals surface area contributed by atoms with Crippen LogP contribution in [-0.2, 0) is 22.0 Å². The average molecular weight is 789 g/mol. The summed E-state index contributed by atoms with van der Waals surface area (Å²) in [6, 6.07) is 25.7. The first-order chi connectivity index (χ1) is 28.1. The molecule has 308 valence electrons. The van der Waals surface area contributed by atoms with Crippen molar-refractivity contribution in [2.75, 3.05) is 22.1 Å². The zero-order valence-corrected chi connectivity index (χ0v) is 36.7. The first kappa shape index (κ1) is 41.8. The van der Waals surface area contributed by atoms with Gasteiger partial charge in [-0.1, -0.05) is 99.2 Å². The highest BCUT2D eigenvalue weighted by Crippen LogP contribution is 2.49. The molecule has 59 heavy (non-hydrogen) atoms. The normalized spacial score (nSPS) is 16.1. The third-order valence-electron chi connectivity index (χ3n) is 13.9. The number of hydrogen-bond donors (Lipinski definition) is 4. The SMILES string of the molecule is Cc1cc(C2(c3cc(C)c(NC(=O)Cc4cccc(C(=O)Nc5c(C)cc(C6(c7cc(C)c(N)c(C)c7)CCCCC6)cc5C)c4)c(C)c3)CCCCC2)cc(C)c1N. The van der Waals surface area contributed by atoms with E-state index in [1.807, 2.05) is 24.3 Å². The Labute approximate surface area is 352 Å². The van der Waals surface area contributed by atoms with Gasteiger partial charge in [-0.05, 0) is 166 Å². The molecule has 2 fully saturated rings. The van der Waals surface area contributed by atoms with Crippen molar-refractivity contribution in [3.05, 3.63) is 151 Å². The molecule has 6 nitrogen and oxygen atoms in total. The number of carbonyl (C=O) groups excluding carboxylic acids is 2. The predicted octanol–water partition coefficient (Wildman–Crippen LogP) is 12.3. The Kier molecular flexibility index (Phi) is 11.8. The van der Waals surface area contributed by atoms with Crippen LogP contribution in [0, 0.1) is 55.4 Å². The van der Waals surface area contributed by atoms with Gasteiger partial charge in [-0.2, -0.15) is 0 Å². The maximum atomic E-state index is 13.8. The van der Waals surface area contributed by atoms with Gasteiger partial charge in [0, 0.05) is 39.1 Å². The van der Waals surface area contributed by atoms with Crippen LogP contribution in [0.1, 0.15) is 147 Å². The van der Waals surface area contributed by atoms with Gasteiger partial charge >= 0.3 is 0 Å². The van der Waals surface area contributed by atoms with E-state index in [1.165, 1.54) is 60.8 Å². The van der Waals surface area contributed by atoms with Crippen molar-refractivity contribution >= 4 is 34.6 Å². The average Bonchev–Trinajstić information content (AvgIpc) is 3.21. The van der Waals surface area contributed by atoms with Gasteiger partial charge in [-0.3, -0.25) is 9.59 Å². The lowest BCUT2D eigenvalue weighted by Crippen LogP contribution is -2.31. The molecule has 2 saturated carbocycles. The topological polar surface area (TPSA) is 110 Å². The second kappa shape index (κ2) is 16.7. The van der Waals surface area contributed by atoms with Gasteiger partial charge in [-0.25, -0.2) is 0 Å². The Morgan fingerprint density at radius 1 is 0.492 bits per heavy atom. The second-order valence-electron chi connectivity index (χ2n) is 18.2. The molecule has 5 aromatic rings. The van der Waals surface area contributed by atoms with Gasteiger partial charge in [-0.15, -0.1) is 0 Å². The molecule has 7 rings (SSSR count). The third-order valence-corrected chi connectivity index (χ3v) is 13.9. The Morgan fingerprint density at radius 3 is 1.24 bits per heavy atom. The second-order valence-corrected chi connectivity index (χ2v) is 18.2. The lowest BCUT2D eigenvalue weighted by molar-refractivity contribution is -0.115. The number of nitrogens with one attached hydrogen (secondary N) is 2. The monoisotopic (exact) mass is 789 g/mol. The smallest absolute Gasteiger partial charge is 0.255 e. The molecule has 5 aromatic carbocycles. The minimum atomic E-state index is -0.186. The minimum Gasteiger partial charge on any atom is -0.398 e. The summed E-state index contributed by atoms with van der Waals surface area (Å²) >= 11 is 0. The number of nitrogen functional groups attached to an aromatic ring is 2. The molecule has 2 amide bonds. The number of aryl methyl sites for hydroxylation is 8. The van der Waals surface area contributed by atoms with Crippen LogP contribution in [0.3, 0.4) is 0 Å². The molecule has 0 spiro atoms. The van der Waals surface area contributed by atoms with Crippen LogP contribution in [0.15, 0.2) is 72.8 Å². The molecule has 2 aliphatic rings. The lowest BCUT2D eigenvalue weighted by atomic mass is 9.64. The molecule has 6 heteroatoms. The Bertz CT molecular complexity index is 2340. The lowest BCUT2D eigenvalue weighted by Gasteiger charge is -2.40. The van der Waals surface area contributed by atoms with Crippen molar-refractivity contribution in [1.82, 2.24) is 0 Å². The summed E-state index contributed by atoms with van der Waals surface area (Å²) in [4.78, 5) is 27.5. The van der Waals surface area contributed by atoms with E-state index in [4.69, 9.17) is 11.5 Å². The van der Waals surface area contributed by atoms with Crippen LogP contribution in [0.4, 0.5) is 22.7 Å². The fourth-order valence-electron chi connectivity index (χ4n) is 10.6. The van der Waals surface area contributed by atoms with E-state index in [2.05, 4.69) is 115 Å². The quantitative estimate of drug-likeness (QED) is 0.111. The molecule has 0 aromatic heterocycles. The maximum absolute atomic E-state index is 13.8. The summed E-state index contributed by atoms with van der Waals surface area (Å²) in [7, 11) is 0. The standard InChI is InChI=1S/C53H64N4O2/c1-32-22-42(23-33(2)47(32)54)52(18-11-9-12-19-52)44-26-36(5)49(37(6)27-44)56-46(58)31-40-16-15-17-41(30-40)51(59)57-50-38(7)28-45(29-39(50)8)53(20-13-10-14-21-53)43-24-34(3)48(55)35(4)25-43/h15-17,22-30H,9-14,18-21,31,54-55H2,1-8H3,(H,56,58)(H,57,59). The van der Waals surface area contributed by atoms with E-state index in [-0.39, 0.29) is 29.1 Å². The maximum Gasteiger partial charge on any atom is 0.255 e. The summed E-state index contributed by atoms with van der Waals surface area (Å²) in [5, 5.41) is 6.46. The number of carbonyl (C=O) groups is 2. The van der Waals surface area contributed by atoms with E-state index in [9.17, 15) is 9.59 Å². The van der Waals surface area contributed by atoms with Crippen molar-refractivity contribution in [3.8, 4) is 0 Å². The van der Waals surface area contributed by atoms with E-state index in [1.54, 1.807) is 0 Å². The van der Waals surface area contributed by atoms with Crippen LogP contribution >= 0.6 is 0 Å². The van der Waals surface area contributed by atoms with Crippen molar-refractivity contribution in [2.45, 2.75) is 137 Å². The van der Waals surface area contributed by atoms with Crippen LogP contribution in [0.25, 0.3) is 0 Å². The first-order valence-corrected chi connectivity index (χ1v) is 21.8. The molecule has 0 heterocycles. The summed E-state index contributed by atoms with van der Waals surface area (Å²) in [5.74, 6) is -0.294. The first-order valence-electron chi connectivity index (χ1n) is 21.8. The number of benzene rings is 5. The van der Waals surface area contributed by atoms with E-state index >= 15 is 0 Å². The molecule has 0 radical (unpaired) electrons. The molecule has 0 unspecified atom stereocenters. The number of hydrogen-bond acceptors (Lipinski definition) is 4. The number of nitrogens with two attached hydrogens (primary N) is 2. The van der Waals surface area contributed by atoms with Crippen molar-refractivity contribution in [1.29, 1.82) is 0 Å². The Hall–Kier alpha value is -5.36. The Morgan fingerprint density at radius 2 is 0.847 bits per heavy atom. The number of rotatable bonds is 9. The van der Waals surface area contributed by atoms with Crippen molar-refractivity contribution in [2.24, 2.45) is 0 Å². The molecule has 0 aliphatic heterocycles. The van der Waals surface area contributed by atoms with Crippen LogP contribution < -0.4 is 22.1 Å². The number of anilines is 4.